The van der Waals surface area contributed by atoms with Crippen molar-refractivity contribution in [3.05, 3.63) is 28.5 Å². The molecule has 1 aliphatic heterocycles. The number of hydrogen-bond acceptors (Lipinski definition) is 4. The smallest absolute Gasteiger partial charge is 0.407 e. The van der Waals surface area contributed by atoms with Crippen LogP contribution in [-0.4, -0.2) is 45.1 Å². The zero-order chi connectivity index (χ0) is 15.6. The molecule has 1 aromatic rings. The number of alkyl carbamates (subject to hydrolysis) is 1. The summed E-state index contributed by atoms with van der Waals surface area (Å²) in [5.74, 6) is -0.811. The number of nitrogens with zero attached hydrogens (tertiary/aromatic N) is 1. The Morgan fingerprint density at radius 1 is 1.52 bits per heavy atom. The maximum absolute atomic E-state index is 13.8. The Hall–Kier alpha value is -1.19. The monoisotopic (exact) mass is 380 g/mol. The Bertz CT molecular complexity index is 653. The van der Waals surface area contributed by atoms with E-state index < -0.39 is 21.9 Å². The van der Waals surface area contributed by atoms with Crippen LogP contribution in [0.25, 0.3) is 0 Å². The molecule has 116 valence electrons. The lowest BCUT2D eigenvalue weighted by Gasteiger charge is -2.17. The lowest BCUT2D eigenvalue weighted by molar-refractivity contribution is 0.167. The second-order valence-corrected chi connectivity index (χ2v) is 7.38. The highest BCUT2D eigenvalue weighted by Crippen LogP contribution is 2.25. The molecule has 21 heavy (non-hydrogen) atoms. The van der Waals surface area contributed by atoms with E-state index in [1.165, 1.54) is 19.2 Å². The number of halogens is 2. The van der Waals surface area contributed by atoms with Gasteiger partial charge in [-0.25, -0.2) is 17.6 Å². The van der Waals surface area contributed by atoms with Crippen molar-refractivity contribution in [1.82, 2.24) is 9.62 Å². The molecule has 1 aliphatic rings. The van der Waals surface area contributed by atoms with Gasteiger partial charge in [0, 0.05) is 23.6 Å². The van der Waals surface area contributed by atoms with E-state index in [2.05, 4.69) is 26.0 Å². The van der Waals surface area contributed by atoms with E-state index in [9.17, 15) is 17.6 Å². The number of rotatable bonds is 3. The van der Waals surface area contributed by atoms with E-state index in [1.54, 1.807) is 0 Å². The summed E-state index contributed by atoms with van der Waals surface area (Å²) in [6.07, 6.45) is -0.166. The molecule has 1 amide bonds. The third-order valence-corrected chi connectivity index (χ3v) is 5.56. The van der Waals surface area contributed by atoms with Gasteiger partial charge in [0.05, 0.1) is 7.11 Å². The average molecular weight is 381 g/mol. The van der Waals surface area contributed by atoms with Crippen molar-refractivity contribution in [2.45, 2.75) is 17.4 Å². The number of amides is 1. The zero-order valence-electron chi connectivity index (χ0n) is 11.2. The summed E-state index contributed by atoms with van der Waals surface area (Å²) in [5.41, 5.74) is 0. The van der Waals surface area contributed by atoms with Crippen LogP contribution >= 0.6 is 15.9 Å². The van der Waals surface area contributed by atoms with Gasteiger partial charge in [-0.3, -0.25) is 0 Å². The molecule has 0 saturated carbocycles. The molecule has 0 bridgehead atoms. The van der Waals surface area contributed by atoms with Crippen molar-refractivity contribution >= 4 is 32.0 Å². The molecule has 2 rings (SSSR count). The highest BCUT2D eigenvalue weighted by atomic mass is 79.9. The fourth-order valence-corrected chi connectivity index (χ4v) is 3.99. The van der Waals surface area contributed by atoms with Gasteiger partial charge >= 0.3 is 6.09 Å². The average Bonchev–Trinajstić information content (AvgIpc) is 2.87. The number of carbonyl (C=O) groups excluding carboxylic acids is 1. The molecule has 0 aliphatic carbocycles. The lowest BCUT2D eigenvalue weighted by atomic mass is 10.3. The fraction of sp³-hybridized carbons (Fsp3) is 0.417. The second-order valence-electron chi connectivity index (χ2n) is 4.56. The number of hydrogen-bond donors (Lipinski definition) is 1. The maximum Gasteiger partial charge on any atom is 0.407 e. The van der Waals surface area contributed by atoms with E-state index in [0.29, 0.717) is 10.9 Å². The predicted octanol–water partition coefficient (Wildman–Crippen LogP) is 1.71. The van der Waals surface area contributed by atoms with Crippen molar-refractivity contribution in [3.63, 3.8) is 0 Å². The number of carbonyl (C=O) groups is 1. The van der Waals surface area contributed by atoms with Crippen LogP contribution in [0.1, 0.15) is 6.42 Å². The van der Waals surface area contributed by atoms with E-state index in [4.69, 9.17) is 0 Å². The molecule has 1 saturated heterocycles. The quantitative estimate of drug-likeness (QED) is 0.865. The molecule has 1 aromatic carbocycles. The molecule has 1 N–H and O–H groups in total. The lowest BCUT2D eigenvalue weighted by Crippen LogP contribution is -2.38. The van der Waals surface area contributed by atoms with Crippen LogP contribution in [0, 0.1) is 5.82 Å². The van der Waals surface area contributed by atoms with E-state index in [-0.39, 0.29) is 24.0 Å². The summed E-state index contributed by atoms with van der Waals surface area (Å²) >= 11 is 3.08. The first-order chi connectivity index (χ1) is 9.84. The van der Waals surface area contributed by atoms with Crippen molar-refractivity contribution in [3.8, 4) is 0 Å². The first-order valence-electron chi connectivity index (χ1n) is 6.14. The predicted molar refractivity (Wildman–Crippen MR) is 76.8 cm³/mol. The Labute approximate surface area is 130 Å². The molecule has 0 radical (unpaired) electrons. The van der Waals surface area contributed by atoms with Gasteiger partial charge in [0.15, 0.2) is 0 Å². The van der Waals surface area contributed by atoms with Crippen molar-refractivity contribution < 1.29 is 22.3 Å². The molecule has 1 fully saturated rings. The Kier molecular flexibility index (Phi) is 4.84. The Morgan fingerprint density at radius 2 is 2.24 bits per heavy atom. The van der Waals surface area contributed by atoms with Gasteiger partial charge in [-0.15, -0.1) is 0 Å². The maximum atomic E-state index is 13.8. The van der Waals surface area contributed by atoms with Crippen LogP contribution in [0.4, 0.5) is 9.18 Å². The van der Waals surface area contributed by atoms with Gasteiger partial charge in [-0.05, 0) is 24.6 Å². The normalized spacial score (nSPS) is 19.5. The number of methoxy groups -OCH3 is 1. The largest absolute Gasteiger partial charge is 0.453 e. The Morgan fingerprint density at radius 3 is 2.86 bits per heavy atom. The Balaban J connectivity index is 2.16. The van der Waals surface area contributed by atoms with Crippen LogP contribution in [0.2, 0.25) is 0 Å². The summed E-state index contributed by atoms with van der Waals surface area (Å²) < 4.78 is 44.7. The standard InChI is InChI=1S/C12H14BrFN2O4S/c1-20-12(17)15-9-4-5-16(7-9)21(18,19)11-3-2-8(13)6-10(11)14/h2-3,6,9H,4-5,7H2,1H3,(H,15,17). The highest BCUT2D eigenvalue weighted by Gasteiger charge is 2.34. The van der Waals surface area contributed by atoms with E-state index >= 15 is 0 Å². The minimum atomic E-state index is -3.92. The molecular weight excluding hydrogens is 367 g/mol. The third kappa shape index (κ3) is 3.53. The van der Waals surface area contributed by atoms with Crippen LogP contribution in [0.3, 0.4) is 0 Å². The fourth-order valence-electron chi connectivity index (χ4n) is 2.11. The molecule has 0 spiro atoms. The van der Waals surface area contributed by atoms with Gasteiger partial charge in [-0.2, -0.15) is 4.31 Å². The van der Waals surface area contributed by atoms with Gasteiger partial charge in [-0.1, -0.05) is 15.9 Å². The van der Waals surface area contributed by atoms with Crippen LogP contribution in [0.5, 0.6) is 0 Å². The molecule has 1 unspecified atom stereocenters. The zero-order valence-corrected chi connectivity index (χ0v) is 13.6. The van der Waals surface area contributed by atoms with Crippen LogP contribution < -0.4 is 5.32 Å². The van der Waals surface area contributed by atoms with Crippen molar-refractivity contribution in [2.24, 2.45) is 0 Å². The minimum Gasteiger partial charge on any atom is -0.453 e. The second kappa shape index (κ2) is 6.29. The van der Waals surface area contributed by atoms with Gasteiger partial charge < -0.3 is 10.1 Å². The summed E-state index contributed by atoms with van der Waals surface area (Å²) in [5, 5.41) is 2.54. The van der Waals surface area contributed by atoms with Gasteiger partial charge in [0.25, 0.3) is 0 Å². The number of benzene rings is 1. The molecular formula is C12H14BrFN2O4S. The van der Waals surface area contributed by atoms with E-state index in [1.807, 2.05) is 0 Å². The van der Waals surface area contributed by atoms with Gasteiger partial charge in [0.1, 0.15) is 10.7 Å². The summed E-state index contributed by atoms with van der Waals surface area (Å²) in [6.45, 7) is 0.305. The summed E-state index contributed by atoms with van der Waals surface area (Å²) in [7, 11) is -2.68. The highest BCUT2D eigenvalue weighted by molar-refractivity contribution is 9.10. The van der Waals surface area contributed by atoms with E-state index in [0.717, 1.165) is 10.4 Å². The topological polar surface area (TPSA) is 75.7 Å². The van der Waals surface area contributed by atoms with Crippen molar-refractivity contribution in [2.75, 3.05) is 20.2 Å². The number of sulfonamides is 1. The van der Waals surface area contributed by atoms with Crippen LogP contribution in [-0.2, 0) is 14.8 Å². The molecule has 1 heterocycles. The third-order valence-electron chi connectivity index (χ3n) is 3.17. The van der Waals surface area contributed by atoms with Gasteiger partial charge in [0.2, 0.25) is 10.0 Å². The molecule has 0 aromatic heterocycles. The van der Waals surface area contributed by atoms with Crippen LogP contribution in [0.15, 0.2) is 27.6 Å². The number of ether oxygens (including phenoxy) is 1. The first-order valence-corrected chi connectivity index (χ1v) is 8.37. The summed E-state index contributed by atoms with van der Waals surface area (Å²) in [6, 6.07) is 3.45. The molecule has 1 atom stereocenters. The first kappa shape index (κ1) is 16.2. The number of nitrogens with one attached hydrogen (secondary N) is 1. The summed E-state index contributed by atoms with van der Waals surface area (Å²) in [4.78, 5) is 10.7. The SMILES string of the molecule is COC(=O)NC1CCN(S(=O)(=O)c2ccc(Br)cc2F)C1. The van der Waals surface area contributed by atoms with Crippen molar-refractivity contribution in [1.29, 1.82) is 0 Å². The molecule has 6 nitrogen and oxygen atoms in total. The minimum absolute atomic E-state index is 0.0902. The molecule has 9 heteroatoms.